The maximum Gasteiger partial charge on any atom is 0.129 e. The molecule has 2 fully saturated rings. The average molecular weight is 320 g/mol. The fourth-order valence-electron chi connectivity index (χ4n) is 4.67. The summed E-state index contributed by atoms with van der Waals surface area (Å²) in [7, 11) is 0. The Labute approximate surface area is 139 Å². The molecule has 2 saturated carbocycles. The van der Waals surface area contributed by atoms with Gasteiger partial charge >= 0.3 is 0 Å². The zero-order chi connectivity index (χ0) is 16.4. The van der Waals surface area contributed by atoms with E-state index in [9.17, 15) is 8.78 Å². The van der Waals surface area contributed by atoms with E-state index in [0.717, 1.165) is 36.2 Å². The summed E-state index contributed by atoms with van der Waals surface area (Å²) in [6.07, 6.45) is 11.7. The smallest absolute Gasteiger partial charge is 0.129 e. The van der Waals surface area contributed by atoms with E-state index in [1.54, 1.807) is 12.1 Å². The van der Waals surface area contributed by atoms with Gasteiger partial charge in [0.2, 0.25) is 0 Å². The zero-order valence-corrected chi connectivity index (χ0v) is 14.6. The Morgan fingerprint density at radius 3 is 1.83 bits per heavy atom. The van der Waals surface area contributed by atoms with Crippen molar-refractivity contribution in [3.8, 4) is 0 Å². The molecular formula is C21H30F2. The molecule has 2 heteroatoms. The highest BCUT2D eigenvalue weighted by Crippen LogP contribution is 2.41. The molecule has 0 spiro atoms. The molecule has 23 heavy (non-hydrogen) atoms. The van der Waals surface area contributed by atoms with Gasteiger partial charge in [-0.25, -0.2) is 8.78 Å². The Bertz CT molecular complexity index is 498. The molecule has 0 aliphatic heterocycles. The average Bonchev–Trinajstić information content (AvgIpc) is 2.55. The van der Waals surface area contributed by atoms with Crippen LogP contribution in [0.4, 0.5) is 8.78 Å². The van der Waals surface area contributed by atoms with Crippen LogP contribution in [-0.4, -0.2) is 0 Å². The minimum absolute atomic E-state index is 0.147. The van der Waals surface area contributed by atoms with Crippen LogP contribution in [0.3, 0.4) is 0 Å². The van der Waals surface area contributed by atoms with E-state index in [1.165, 1.54) is 51.9 Å². The molecule has 0 saturated heterocycles. The molecule has 2 aliphatic rings. The van der Waals surface area contributed by atoms with Crippen LogP contribution in [0.2, 0.25) is 0 Å². The molecule has 0 nitrogen and oxygen atoms in total. The minimum Gasteiger partial charge on any atom is -0.207 e. The van der Waals surface area contributed by atoms with Gasteiger partial charge in [-0.05, 0) is 80.4 Å². The summed E-state index contributed by atoms with van der Waals surface area (Å²) >= 11 is 0. The molecule has 0 bridgehead atoms. The Morgan fingerprint density at radius 1 is 0.826 bits per heavy atom. The predicted octanol–water partition coefficient (Wildman–Crippen LogP) is 6.76. The Hall–Kier alpha value is -0.920. The first kappa shape index (κ1) is 16.9. The van der Waals surface area contributed by atoms with Crippen molar-refractivity contribution in [3.05, 3.63) is 34.9 Å². The monoisotopic (exact) mass is 320 g/mol. The van der Waals surface area contributed by atoms with Gasteiger partial charge in [-0.2, -0.15) is 0 Å². The fourth-order valence-corrected chi connectivity index (χ4v) is 4.67. The first-order valence-corrected chi connectivity index (χ1v) is 9.48. The first-order chi connectivity index (χ1) is 11.0. The summed E-state index contributed by atoms with van der Waals surface area (Å²) in [5.41, 5.74) is 1.02. The third-order valence-electron chi connectivity index (χ3n) is 6.42. The lowest BCUT2D eigenvalue weighted by Gasteiger charge is -2.33. The number of benzene rings is 1. The van der Waals surface area contributed by atoms with Crippen LogP contribution in [-0.2, 0) is 0 Å². The van der Waals surface area contributed by atoms with E-state index in [1.807, 2.05) is 0 Å². The Balaban J connectivity index is 1.52. The van der Waals surface area contributed by atoms with Gasteiger partial charge in [-0.3, -0.25) is 0 Å². The molecule has 0 amide bonds. The minimum atomic E-state index is -0.390. The predicted molar refractivity (Wildman–Crippen MR) is 91.5 cm³/mol. The Kier molecular flexibility index (Phi) is 5.38. The number of hydrogen-bond donors (Lipinski definition) is 0. The van der Waals surface area contributed by atoms with Crippen LogP contribution >= 0.6 is 0 Å². The third kappa shape index (κ3) is 4.14. The van der Waals surface area contributed by atoms with Crippen molar-refractivity contribution < 1.29 is 8.78 Å². The standard InChI is InChI=1S/C21H30F2/c1-14-3-5-16(6-4-14)11-17-7-9-18(10-8-17)19-12-20(22)15(2)21(23)13-19/h12-14,16-18H,3-11H2,1-2H3. The maximum absolute atomic E-state index is 13.8. The van der Waals surface area contributed by atoms with E-state index < -0.39 is 11.6 Å². The van der Waals surface area contributed by atoms with E-state index in [-0.39, 0.29) is 5.56 Å². The van der Waals surface area contributed by atoms with Gasteiger partial charge in [0.05, 0.1) is 0 Å². The molecule has 0 atom stereocenters. The molecular weight excluding hydrogens is 290 g/mol. The second-order valence-electron chi connectivity index (χ2n) is 8.19. The molecule has 0 heterocycles. The maximum atomic E-state index is 13.8. The topological polar surface area (TPSA) is 0 Å². The van der Waals surface area contributed by atoms with E-state index in [2.05, 4.69) is 6.92 Å². The quantitative estimate of drug-likeness (QED) is 0.577. The SMILES string of the molecule is Cc1c(F)cc(C2CCC(CC3CCC(C)CC3)CC2)cc1F. The van der Waals surface area contributed by atoms with Gasteiger partial charge in [0, 0.05) is 5.56 Å². The molecule has 0 N–H and O–H groups in total. The van der Waals surface area contributed by atoms with Crippen molar-refractivity contribution in [3.63, 3.8) is 0 Å². The summed E-state index contributed by atoms with van der Waals surface area (Å²) in [6.45, 7) is 3.89. The molecule has 2 aliphatic carbocycles. The zero-order valence-electron chi connectivity index (χ0n) is 14.6. The normalized spacial score (nSPS) is 32.0. The van der Waals surface area contributed by atoms with E-state index in [4.69, 9.17) is 0 Å². The van der Waals surface area contributed by atoms with Gasteiger partial charge in [0.1, 0.15) is 11.6 Å². The van der Waals surface area contributed by atoms with Crippen LogP contribution in [0.25, 0.3) is 0 Å². The molecule has 128 valence electrons. The molecule has 0 radical (unpaired) electrons. The summed E-state index contributed by atoms with van der Waals surface area (Å²) in [4.78, 5) is 0. The van der Waals surface area contributed by atoms with Crippen LogP contribution in [0.5, 0.6) is 0 Å². The molecule has 1 aromatic rings. The highest BCUT2D eigenvalue weighted by molar-refractivity contribution is 5.28. The van der Waals surface area contributed by atoms with E-state index >= 15 is 0 Å². The van der Waals surface area contributed by atoms with Crippen molar-refractivity contribution >= 4 is 0 Å². The van der Waals surface area contributed by atoms with Crippen LogP contribution in [0.15, 0.2) is 12.1 Å². The number of rotatable bonds is 3. The van der Waals surface area contributed by atoms with Crippen molar-refractivity contribution in [1.82, 2.24) is 0 Å². The van der Waals surface area contributed by atoms with Crippen molar-refractivity contribution in [1.29, 1.82) is 0 Å². The third-order valence-corrected chi connectivity index (χ3v) is 6.42. The highest BCUT2D eigenvalue weighted by atomic mass is 19.1. The molecule has 1 aromatic carbocycles. The second-order valence-corrected chi connectivity index (χ2v) is 8.19. The largest absolute Gasteiger partial charge is 0.207 e. The molecule has 0 unspecified atom stereocenters. The van der Waals surface area contributed by atoms with Crippen molar-refractivity contribution in [2.75, 3.05) is 0 Å². The van der Waals surface area contributed by atoms with Gasteiger partial charge in [0.25, 0.3) is 0 Å². The summed E-state index contributed by atoms with van der Waals surface area (Å²) in [5, 5.41) is 0. The van der Waals surface area contributed by atoms with Crippen LogP contribution in [0.1, 0.15) is 81.8 Å². The Morgan fingerprint density at radius 2 is 1.30 bits per heavy atom. The van der Waals surface area contributed by atoms with Gasteiger partial charge in [-0.1, -0.05) is 32.6 Å². The van der Waals surface area contributed by atoms with Crippen LogP contribution in [0, 0.1) is 36.3 Å². The fraction of sp³-hybridized carbons (Fsp3) is 0.714. The van der Waals surface area contributed by atoms with Crippen LogP contribution < -0.4 is 0 Å². The number of halogens is 2. The highest BCUT2D eigenvalue weighted by Gasteiger charge is 2.27. The van der Waals surface area contributed by atoms with Gasteiger partial charge in [0.15, 0.2) is 0 Å². The summed E-state index contributed by atoms with van der Waals surface area (Å²) < 4.78 is 27.5. The summed E-state index contributed by atoms with van der Waals surface area (Å²) in [6, 6.07) is 3.12. The van der Waals surface area contributed by atoms with Crippen molar-refractivity contribution in [2.24, 2.45) is 17.8 Å². The first-order valence-electron chi connectivity index (χ1n) is 9.48. The molecule has 0 aromatic heterocycles. The summed E-state index contributed by atoms with van der Waals surface area (Å²) in [5.74, 6) is 2.26. The lowest BCUT2D eigenvalue weighted by Crippen LogP contribution is -2.19. The lowest BCUT2D eigenvalue weighted by atomic mass is 9.72. The lowest BCUT2D eigenvalue weighted by molar-refractivity contribution is 0.211. The van der Waals surface area contributed by atoms with Gasteiger partial charge in [-0.15, -0.1) is 0 Å². The molecule has 3 rings (SSSR count). The second kappa shape index (κ2) is 7.32. The number of hydrogen-bond acceptors (Lipinski definition) is 0. The van der Waals surface area contributed by atoms with Gasteiger partial charge < -0.3 is 0 Å². The van der Waals surface area contributed by atoms with Crippen molar-refractivity contribution in [2.45, 2.75) is 77.6 Å². The van der Waals surface area contributed by atoms with E-state index in [0.29, 0.717) is 5.92 Å².